The van der Waals surface area contributed by atoms with Crippen molar-refractivity contribution >= 4 is 23.2 Å². The van der Waals surface area contributed by atoms with Crippen molar-refractivity contribution in [2.45, 2.75) is 19.3 Å². The molecule has 1 aliphatic carbocycles. The van der Waals surface area contributed by atoms with Crippen LogP contribution >= 0.6 is 11.6 Å². The van der Waals surface area contributed by atoms with Gasteiger partial charge in [-0.25, -0.2) is 8.78 Å². The van der Waals surface area contributed by atoms with Crippen molar-refractivity contribution in [3.8, 4) is 0 Å². The summed E-state index contributed by atoms with van der Waals surface area (Å²) in [7, 11) is 0. The van der Waals surface area contributed by atoms with Crippen LogP contribution in [0.15, 0.2) is 29.3 Å². The first-order valence-corrected chi connectivity index (χ1v) is 8.21. The fraction of sp³-hybridized carbons (Fsp3) is 0.562. The Morgan fingerprint density at radius 2 is 1.78 bits per heavy atom. The molecule has 0 spiro atoms. The standard InChI is InChI=1S/C16H21ClF2N4/c17-12-1-3-13(4-2-12)22-7-9-23(10-8-22)15(20)21-11-16(5-6-16)14(18)19/h1-4,14H,5-11H2,(H2,20,21). The van der Waals surface area contributed by atoms with Crippen LogP contribution in [-0.4, -0.2) is 50.0 Å². The second-order valence-corrected chi connectivity index (χ2v) is 6.72. The number of hydrogen-bond acceptors (Lipinski definition) is 2. The van der Waals surface area contributed by atoms with Gasteiger partial charge in [0.1, 0.15) is 0 Å². The smallest absolute Gasteiger partial charge is 0.245 e. The van der Waals surface area contributed by atoms with E-state index in [0.29, 0.717) is 18.8 Å². The Hall–Kier alpha value is -1.56. The van der Waals surface area contributed by atoms with Crippen LogP contribution in [0.5, 0.6) is 0 Å². The lowest BCUT2D eigenvalue weighted by molar-refractivity contribution is 0.0665. The van der Waals surface area contributed by atoms with Crippen LogP contribution in [0, 0.1) is 5.41 Å². The second kappa shape index (κ2) is 6.51. The molecule has 7 heteroatoms. The normalized spacial score (nSPS) is 21.0. The molecule has 0 radical (unpaired) electrons. The number of nitrogens with zero attached hydrogens (tertiary/aromatic N) is 3. The summed E-state index contributed by atoms with van der Waals surface area (Å²) < 4.78 is 25.8. The van der Waals surface area contributed by atoms with Crippen LogP contribution < -0.4 is 10.6 Å². The van der Waals surface area contributed by atoms with Gasteiger partial charge in [-0.2, -0.15) is 0 Å². The summed E-state index contributed by atoms with van der Waals surface area (Å²) >= 11 is 5.90. The van der Waals surface area contributed by atoms with Gasteiger partial charge in [-0.1, -0.05) is 11.6 Å². The predicted molar refractivity (Wildman–Crippen MR) is 89.4 cm³/mol. The minimum absolute atomic E-state index is 0.133. The van der Waals surface area contributed by atoms with Gasteiger partial charge < -0.3 is 15.5 Å². The summed E-state index contributed by atoms with van der Waals surface area (Å²) in [6.07, 6.45) is -1.21. The van der Waals surface area contributed by atoms with E-state index < -0.39 is 11.8 Å². The number of benzene rings is 1. The lowest BCUT2D eigenvalue weighted by Gasteiger charge is -2.36. The van der Waals surface area contributed by atoms with Crippen molar-refractivity contribution in [3.05, 3.63) is 29.3 Å². The number of alkyl halides is 2. The fourth-order valence-corrected chi connectivity index (χ4v) is 2.92. The number of nitrogens with two attached hydrogens (primary N) is 1. The zero-order valence-electron chi connectivity index (χ0n) is 12.9. The van der Waals surface area contributed by atoms with E-state index in [1.807, 2.05) is 29.2 Å². The molecular weight excluding hydrogens is 322 g/mol. The Labute approximate surface area is 139 Å². The number of aliphatic imine (C=N–C) groups is 1. The molecule has 23 heavy (non-hydrogen) atoms. The molecule has 1 saturated carbocycles. The number of halogens is 3. The van der Waals surface area contributed by atoms with Gasteiger partial charge in [-0.3, -0.25) is 4.99 Å². The van der Waals surface area contributed by atoms with Gasteiger partial charge in [0.2, 0.25) is 6.43 Å². The third-order valence-corrected chi connectivity index (χ3v) is 4.96. The van der Waals surface area contributed by atoms with Crippen LogP contribution in [0.2, 0.25) is 5.02 Å². The molecule has 2 N–H and O–H groups in total. The summed E-state index contributed by atoms with van der Waals surface area (Å²) in [6.45, 7) is 3.24. The predicted octanol–water partition coefficient (Wildman–Crippen LogP) is 2.82. The quantitative estimate of drug-likeness (QED) is 0.676. The highest BCUT2D eigenvalue weighted by Crippen LogP contribution is 2.50. The van der Waals surface area contributed by atoms with E-state index in [9.17, 15) is 8.78 Å². The zero-order valence-corrected chi connectivity index (χ0v) is 13.6. The minimum atomic E-state index is -2.30. The minimum Gasteiger partial charge on any atom is -0.370 e. The fourth-order valence-electron chi connectivity index (χ4n) is 2.79. The lowest BCUT2D eigenvalue weighted by Crippen LogP contribution is -2.51. The Bertz CT molecular complexity index is 564. The van der Waals surface area contributed by atoms with Gasteiger partial charge in [-0.15, -0.1) is 0 Å². The molecule has 3 rings (SSSR count). The molecule has 126 valence electrons. The lowest BCUT2D eigenvalue weighted by atomic mass is 10.1. The van der Waals surface area contributed by atoms with E-state index in [1.165, 1.54) is 0 Å². The van der Waals surface area contributed by atoms with Crippen molar-refractivity contribution in [2.24, 2.45) is 16.1 Å². The summed E-state index contributed by atoms with van der Waals surface area (Å²) in [4.78, 5) is 8.43. The first kappa shape index (κ1) is 16.3. The molecule has 0 bridgehead atoms. The number of guanidine groups is 1. The monoisotopic (exact) mass is 342 g/mol. The van der Waals surface area contributed by atoms with E-state index in [0.717, 1.165) is 36.9 Å². The van der Waals surface area contributed by atoms with E-state index in [2.05, 4.69) is 9.89 Å². The molecule has 0 unspecified atom stereocenters. The summed E-state index contributed by atoms with van der Waals surface area (Å²) in [5, 5.41) is 0.719. The van der Waals surface area contributed by atoms with Gasteiger partial charge in [0.05, 0.1) is 12.0 Å². The maximum Gasteiger partial charge on any atom is 0.245 e. The first-order chi connectivity index (χ1) is 11.0. The largest absolute Gasteiger partial charge is 0.370 e. The molecule has 1 saturated heterocycles. The second-order valence-electron chi connectivity index (χ2n) is 6.29. The zero-order chi connectivity index (χ0) is 16.4. The average Bonchev–Trinajstić information content (AvgIpc) is 3.35. The number of piperazine rings is 1. The van der Waals surface area contributed by atoms with Crippen LogP contribution in [0.25, 0.3) is 0 Å². The highest BCUT2D eigenvalue weighted by molar-refractivity contribution is 6.30. The van der Waals surface area contributed by atoms with Crippen LogP contribution in [0.1, 0.15) is 12.8 Å². The van der Waals surface area contributed by atoms with Crippen molar-refractivity contribution in [1.82, 2.24) is 4.90 Å². The highest BCUT2D eigenvalue weighted by atomic mass is 35.5. The third-order valence-electron chi connectivity index (χ3n) is 4.71. The van der Waals surface area contributed by atoms with Crippen LogP contribution in [0.4, 0.5) is 14.5 Å². The van der Waals surface area contributed by atoms with Crippen molar-refractivity contribution < 1.29 is 8.78 Å². The molecular formula is C16H21ClF2N4. The molecule has 1 heterocycles. The van der Waals surface area contributed by atoms with Gasteiger partial charge >= 0.3 is 0 Å². The molecule has 2 aliphatic rings. The van der Waals surface area contributed by atoms with Crippen molar-refractivity contribution in [2.75, 3.05) is 37.6 Å². The van der Waals surface area contributed by atoms with Gasteiger partial charge in [0.25, 0.3) is 0 Å². The van der Waals surface area contributed by atoms with Gasteiger partial charge in [0, 0.05) is 36.9 Å². The van der Waals surface area contributed by atoms with Crippen LogP contribution in [0.3, 0.4) is 0 Å². The Morgan fingerprint density at radius 1 is 1.17 bits per heavy atom. The summed E-state index contributed by atoms with van der Waals surface area (Å²) in [6, 6.07) is 7.74. The first-order valence-electron chi connectivity index (χ1n) is 7.84. The molecule has 1 aromatic rings. The SMILES string of the molecule is NC(=NCC1(C(F)F)CC1)N1CCN(c2ccc(Cl)cc2)CC1. The maximum atomic E-state index is 12.9. The molecule has 0 amide bonds. The highest BCUT2D eigenvalue weighted by Gasteiger charge is 2.51. The maximum absolute atomic E-state index is 12.9. The number of hydrogen-bond donors (Lipinski definition) is 1. The molecule has 0 atom stereocenters. The number of anilines is 1. The van der Waals surface area contributed by atoms with Crippen LogP contribution in [-0.2, 0) is 0 Å². The molecule has 4 nitrogen and oxygen atoms in total. The molecule has 1 aromatic carbocycles. The van der Waals surface area contributed by atoms with E-state index in [4.69, 9.17) is 17.3 Å². The summed E-state index contributed by atoms with van der Waals surface area (Å²) in [5.41, 5.74) is 6.20. The number of rotatable bonds is 4. The van der Waals surface area contributed by atoms with Gasteiger partial charge in [0.15, 0.2) is 5.96 Å². The molecule has 0 aromatic heterocycles. The molecule has 1 aliphatic heterocycles. The molecule has 2 fully saturated rings. The van der Waals surface area contributed by atoms with E-state index in [-0.39, 0.29) is 6.54 Å². The van der Waals surface area contributed by atoms with Crippen molar-refractivity contribution in [3.63, 3.8) is 0 Å². The third kappa shape index (κ3) is 3.68. The Balaban J connectivity index is 1.53. The topological polar surface area (TPSA) is 44.9 Å². The van der Waals surface area contributed by atoms with E-state index in [1.54, 1.807) is 0 Å². The van der Waals surface area contributed by atoms with E-state index >= 15 is 0 Å². The Kier molecular flexibility index (Phi) is 4.62. The van der Waals surface area contributed by atoms with Crippen molar-refractivity contribution in [1.29, 1.82) is 0 Å². The van der Waals surface area contributed by atoms with Gasteiger partial charge in [-0.05, 0) is 37.1 Å². The summed E-state index contributed by atoms with van der Waals surface area (Å²) in [5.74, 6) is 0.382. The average molecular weight is 343 g/mol. The Morgan fingerprint density at radius 3 is 2.30 bits per heavy atom.